The molecule has 2 saturated heterocycles. The first kappa shape index (κ1) is 26.4. The Hall–Kier alpha value is -3.18. The van der Waals surface area contributed by atoms with Crippen LogP contribution in [0.15, 0.2) is 24.3 Å². The fraction of sp³-hybridized carbons (Fsp3) is 0.519. The van der Waals surface area contributed by atoms with Gasteiger partial charge < -0.3 is 24.8 Å². The Bertz CT molecular complexity index is 1350. The predicted molar refractivity (Wildman–Crippen MR) is 137 cm³/mol. The summed E-state index contributed by atoms with van der Waals surface area (Å²) in [5, 5.41) is 22.3. The van der Waals surface area contributed by atoms with Crippen molar-refractivity contribution in [2.45, 2.75) is 70.2 Å². The van der Waals surface area contributed by atoms with Crippen molar-refractivity contribution in [2.75, 3.05) is 30.5 Å². The molecule has 2 aliphatic rings. The van der Waals surface area contributed by atoms with Crippen LogP contribution in [0.5, 0.6) is 5.88 Å². The first-order chi connectivity index (χ1) is 17.9. The Kier molecular flexibility index (Phi) is 6.63. The molecule has 0 spiro atoms. The number of fused-ring (bicyclic) bond motifs is 3. The zero-order valence-electron chi connectivity index (χ0n) is 22.1. The minimum Gasteiger partial charge on any atom is -0.480 e. The van der Waals surface area contributed by atoms with E-state index < -0.39 is 28.9 Å². The van der Waals surface area contributed by atoms with Crippen molar-refractivity contribution in [3.05, 3.63) is 46.9 Å². The Balaban J connectivity index is 1.55. The number of anilines is 2. The van der Waals surface area contributed by atoms with E-state index in [0.29, 0.717) is 41.5 Å². The van der Waals surface area contributed by atoms with Gasteiger partial charge in [-0.25, -0.2) is 9.37 Å². The van der Waals surface area contributed by atoms with Gasteiger partial charge in [-0.3, -0.25) is 0 Å². The zero-order chi connectivity index (χ0) is 27.4. The van der Waals surface area contributed by atoms with Gasteiger partial charge in [-0.05, 0) is 52.7 Å². The first-order valence-corrected chi connectivity index (χ1v) is 12.7. The Morgan fingerprint density at radius 2 is 1.87 bits per heavy atom. The third kappa shape index (κ3) is 4.31. The van der Waals surface area contributed by atoms with Crippen molar-refractivity contribution in [1.29, 1.82) is 0 Å². The van der Waals surface area contributed by atoms with Crippen molar-refractivity contribution in [3.63, 3.8) is 0 Å². The number of morpholine rings is 1. The maximum Gasteiger partial charge on any atom is 0.303 e. The standard InChI is InChI=1S/C27H32F3N5O3/c1-14(18-7-6-8-20(22(18)28)27(29,30)26(3,4)36)31-24-19-11-21(35-16-9-10-17(35)13-38-12-16)25(37-5)32-23(19)15(2)33-34-24/h6-8,11,14,16-17,36H,9-10,12-13H2,1-5H3,(H,31,34)/t14-,16?,17?/m1/s1. The van der Waals surface area contributed by atoms with Crippen LogP contribution in [0.3, 0.4) is 0 Å². The molecule has 2 aliphatic heterocycles. The lowest BCUT2D eigenvalue weighted by Gasteiger charge is -2.37. The molecule has 1 aromatic carbocycles. The number of aliphatic hydroxyl groups is 1. The SMILES string of the molecule is COc1nc2c(C)nnc(N[C@H](C)c3cccc(C(F)(F)C(C)(C)O)c3F)c2cc1N1C2CCC1COC2. The highest BCUT2D eigenvalue weighted by atomic mass is 19.3. The van der Waals surface area contributed by atoms with E-state index >= 15 is 4.39 Å². The number of rotatable bonds is 7. The monoisotopic (exact) mass is 531 g/mol. The molecule has 0 saturated carbocycles. The highest BCUT2D eigenvalue weighted by Gasteiger charge is 2.49. The van der Waals surface area contributed by atoms with Gasteiger partial charge in [0.25, 0.3) is 0 Å². The quantitative estimate of drug-likeness (QED) is 0.446. The fourth-order valence-electron chi connectivity index (χ4n) is 5.37. The maximum absolute atomic E-state index is 15.4. The number of methoxy groups -OCH3 is 1. The van der Waals surface area contributed by atoms with Crippen molar-refractivity contribution in [1.82, 2.24) is 15.2 Å². The number of benzene rings is 1. The number of hydrogen-bond acceptors (Lipinski definition) is 8. The Labute approximate surface area is 219 Å². The summed E-state index contributed by atoms with van der Waals surface area (Å²) in [6.45, 7) is 6.59. The van der Waals surface area contributed by atoms with Crippen molar-refractivity contribution in [3.8, 4) is 5.88 Å². The van der Waals surface area contributed by atoms with Gasteiger partial charge in [0.05, 0.1) is 49.7 Å². The number of aryl methyl sites for hydroxylation is 1. The van der Waals surface area contributed by atoms with E-state index in [-0.39, 0.29) is 17.6 Å². The predicted octanol–water partition coefficient (Wildman–Crippen LogP) is 4.88. The molecule has 3 atom stereocenters. The largest absolute Gasteiger partial charge is 0.480 e. The molecule has 0 aliphatic carbocycles. The summed E-state index contributed by atoms with van der Waals surface area (Å²) in [5.41, 5.74) is -1.33. The Morgan fingerprint density at radius 1 is 1.18 bits per heavy atom. The van der Waals surface area contributed by atoms with Crippen molar-refractivity contribution in [2.24, 2.45) is 0 Å². The van der Waals surface area contributed by atoms with Gasteiger partial charge in [-0.15, -0.1) is 5.10 Å². The molecule has 204 valence electrons. The van der Waals surface area contributed by atoms with Crippen LogP contribution < -0.4 is 15.0 Å². The Morgan fingerprint density at radius 3 is 2.50 bits per heavy atom. The van der Waals surface area contributed by atoms with Crippen LogP contribution in [-0.4, -0.2) is 58.3 Å². The van der Waals surface area contributed by atoms with Crippen LogP contribution in [0.25, 0.3) is 10.9 Å². The minimum atomic E-state index is -3.80. The van der Waals surface area contributed by atoms with Crippen LogP contribution in [0.2, 0.25) is 0 Å². The molecular weight excluding hydrogens is 499 g/mol. The van der Waals surface area contributed by atoms with E-state index in [4.69, 9.17) is 14.5 Å². The number of nitrogens with zero attached hydrogens (tertiary/aromatic N) is 4. The molecule has 2 bridgehead atoms. The van der Waals surface area contributed by atoms with Crippen LogP contribution in [0.1, 0.15) is 56.5 Å². The van der Waals surface area contributed by atoms with Crippen molar-refractivity contribution >= 4 is 22.4 Å². The molecule has 2 aromatic heterocycles. The average Bonchev–Trinajstić information content (AvgIpc) is 3.11. The number of pyridine rings is 1. The zero-order valence-corrected chi connectivity index (χ0v) is 22.1. The first-order valence-electron chi connectivity index (χ1n) is 12.7. The second kappa shape index (κ2) is 9.53. The summed E-state index contributed by atoms with van der Waals surface area (Å²) in [6.07, 6.45) is 2.01. The van der Waals surface area contributed by atoms with Gasteiger partial charge in [0.1, 0.15) is 22.6 Å². The second-order valence-electron chi connectivity index (χ2n) is 10.6. The molecular formula is C27H32F3N5O3. The highest BCUT2D eigenvalue weighted by molar-refractivity contribution is 5.94. The van der Waals surface area contributed by atoms with E-state index in [2.05, 4.69) is 20.4 Å². The molecule has 2 N–H and O–H groups in total. The summed E-state index contributed by atoms with van der Waals surface area (Å²) in [5.74, 6) is -4.07. The number of hydrogen-bond donors (Lipinski definition) is 2. The van der Waals surface area contributed by atoms with E-state index in [1.807, 2.05) is 6.07 Å². The lowest BCUT2D eigenvalue weighted by atomic mass is 9.91. The molecule has 4 heterocycles. The van der Waals surface area contributed by atoms with Gasteiger partial charge in [0.15, 0.2) is 5.82 Å². The van der Waals surface area contributed by atoms with E-state index in [9.17, 15) is 13.9 Å². The summed E-state index contributed by atoms with van der Waals surface area (Å²) in [7, 11) is 1.57. The molecule has 11 heteroatoms. The average molecular weight is 532 g/mol. The van der Waals surface area contributed by atoms with Gasteiger partial charge in [-0.1, -0.05) is 12.1 Å². The minimum absolute atomic E-state index is 0.00914. The van der Waals surface area contributed by atoms with Crippen LogP contribution in [0, 0.1) is 12.7 Å². The van der Waals surface area contributed by atoms with Gasteiger partial charge in [-0.2, -0.15) is 13.9 Å². The number of aromatic nitrogens is 3. The summed E-state index contributed by atoms with van der Waals surface area (Å²) in [6, 6.07) is 5.39. The summed E-state index contributed by atoms with van der Waals surface area (Å²) >= 11 is 0. The van der Waals surface area contributed by atoms with Crippen LogP contribution in [-0.2, 0) is 10.7 Å². The van der Waals surface area contributed by atoms with E-state index in [0.717, 1.165) is 38.4 Å². The highest BCUT2D eigenvalue weighted by Crippen LogP contribution is 2.43. The van der Waals surface area contributed by atoms with Gasteiger partial charge in [0, 0.05) is 10.9 Å². The molecule has 3 aromatic rings. The normalized spacial score (nSPS) is 20.6. The molecule has 0 radical (unpaired) electrons. The maximum atomic E-state index is 15.4. The van der Waals surface area contributed by atoms with Gasteiger partial charge >= 0.3 is 5.92 Å². The van der Waals surface area contributed by atoms with E-state index in [1.165, 1.54) is 12.1 Å². The topological polar surface area (TPSA) is 92.6 Å². The lowest BCUT2D eigenvalue weighted by molar-refractivity contribution is -0.170. The molecule has 2 unspecified atom stereocenters. The van der Waals surface area contributed by atoms with Crippen LogP contribution in [0.4, 0.5) is 24.7 Å². The number of ether oxygens (including phenoxy) is 2. The fourth-order valence-corrected chi connectivity index (χ4v) is 5.37. The molecule has 2 fully saturated rings. The van der Waals surface area contributed by atoms with Gasteiger partial charge in [0.2, 0.25) is 5.88 Å². The second-order valence-corrected chi connectivity index (χ2v) is 10.6. The number of alkyl halides is 2. The smallest absolute Gasteiger partial charge is 0.303 e. The lowest BCUT2D eigenvalue weighted by Crippen LogP contribution is -2.46. The number of nitrogens with one attached hydrogen (secondary N) is 1. The van der Waals surface area contributed by atoms with E-state index in [1.54, 1.807) is 21.0 Å². The van der Waals surface area contributed by atoms with Crippen molar-refractivity contribution < 1.29 is 27.8 Å². The number of halogens is 3. The summed E-state index contributed by atoms with van der Waals surface area (Å²) in [4.78, 5) is 7.04. The molecule has 5 rings (SSSR count). The molecule has 0 amide bonds. The molecule has 38 heavy (non-hydrogen) atoms. The summed E-state index contributed by atoms with van der Waals surface area (Å²) < 4.78 is 56.5. The third-order valence-corrected chi connectivity index (χ3v) is 7.53. The third-order valence-electron chi connectivity index (χ3n) is 7.53. The van der Waals surface area contributed by atoms with Crippen LogP contribution >= 0.6 is 0 Å². The molecule has 8 nitrogen and oxygen atoms in total.